The molecule has 2 aliphatic heterocycles. The number of anilines is 2. The van der Waals surface area contributed by atoms with E-state index in [0.29, 0.717) is 30.2 Å². The summed E-state index contributed by atoms with van der Waals surface area (Å²) >= 11 is 0. The van der Waals surface area contributed by atoms with Gasteiger partial charge in [0.15, 0.2) is 11.6 Å². The fraction of sp³-hybridized carbons (Fsp3) is 0.450. The minimum absolute atomic E-state index is 0.153. The highest BCUT2D eigenvalue weighted by Crippen LogP contribution is 2.42. The summed E-state index contributed by atoms with van der Waals surface area (Å²) in [7, 11) is 1.91. The molecule has 1 aliphatic carbocycles. The first kappa shape index (κ1) is 17.8. The topological polar surface area (TPSA) is 98.7 Å². The van der Waals surface area contributed by atoms with Crippen LogP contribution in [0.5, 0.6) is 0 Å². The number of fused-ring (bicyclic) bond motifs is 2. The second-order valence-electron chi connectivity index (χ2n) is 8.12. The average Bonchev–Trinajstić information content (AvgIpc) is 3.53. The quantitative estimate of drug-likeness (QED) is 0.784. The molecule has 1 saturated heterocycles. The number of hydrogen-bond acceptors (Lipinski definition) is 6. The van der Waals surface area contributed by atoms with Crippen molar-refractivity contribution in [1.82, 2.24) is 20.2 Å². The highest BCUT2D eigenvalue weighted by molar-refractivity contribution is 6.11. The highest BCUT2D eigenvalue weighted by atomic mass is 16.2. The Balaban J connectivity index is 1.44. The van der Waals surface area contributed by atoms with Crippen molar-refractivity contribution in [1.29, 1.82) is 0 Å². The summed E-state index contributed by atoms with van der Waals surface area (Å²) in [5.74, 6) is 0.563. The van der Waals surface area contributed by atoms with Crippen molar-refractivity contribution in [3.8, 4) is 0 Å². The number of benzene rings is 1. The molecule has 0 spiro atoms. The lowest BCUT2D eigenvalue weighted by Crippen LogP contribution is -2.49. The molecule has 3 heterocycles. The van der Waals surface area contributed by atoms with Crippen molar-refractivity contribution < 1.29 is 14.4 Å². The molecule has 1 saturated carbocycles. The van der Waals surface area contributed by atoms with Gasteiger partial charge in [-0.25, -0.2) is 14.8 Å². The number of rotatable bonds is 3. The number of amides is 4. The third-order valence-electron chi connectivity index (χ3n) is 6.10. The zero-order valence-corrected chi connectivity index (χ0v) is 16.4. The Hall–Kier alpha value is -3.23. The molecule has 1 aromatic heterocycles. The number of urea groups is 1. The van der Waals surface area contributed by atoms with E-state index in [0.717, 1.165) is 23.3 Å². The first-order valence-corrected chi connectivity index (χ1v) is 9.81. The van der Waals surface area contributed by atoms with Crippen molar-refractivity contribution in [2.75, 3.05) is 36.5 Å². The first-order valence-electron chi connectivity index (χ1n) is 9.81. The van der Waals surface area contributed by atoms with E-state index in [1.807, 2.05) is 36.2 Å². The summed E-state index contributed by atoms with van der Waals surface area (Å²) in [6, 6.07) is 6.98. The van der Waals surface area contributed by atoms with Crippen molar-refractivity contribution in [2.24, 2.45) is 5.92 Å². The van der Waals surface area contributed by atoms with Gasteiger partial charge in [-0.15, -0.1) is 0 Å². The van der Waals surface area contributed by atoms with Crippen LogP contribution >= 0.6 is 0 Å². The van der Waals surface area contributed by atoms with Gasteiger partial charge in [0.1, 0.15) is 12.1 Å². The number of aromatic nitrogens is 2. The largest absolute Gasteiger partial charge is 0.355 e. The SMILES string of the molecule is CN1CCN(C(=O)CN2C(=O)NC(C)(C3CC3)C2=O)c2nc3ccccc3nc21. The molecule has 2 fully saturated rings. The molecule has 150 valence electrons. The summed E-state index contributed by atoms with van der Waals surface area (Å²) in [5, 5.41) is 2.78. The Bertz CT molecular complexity index is 1050. The normalized spacial score (nSPS) is 24.1. The molecule has 29 heavy (non-hydrogen) atoms. The molecule has 0 radical (unpaired) electrons. The van der Waals surface area contributed by atoms with Gasteiger partial charge in [-0.05, 0) is 37.8 Å². The van der Waals surface area contributed by atoms with E-state index < -0.39 is 11.6 Å². The number of nitrogens with zero attached hydrogens (tertiary/aromatic N) is 5. The molecule has 3 aliphatic rings. The van der Waals surface area contributed by atoms with E-state index in [4.69, 9.17) is 0 Å². The molecule has 4 amide bonds. The van der Waals surface area contributed by atoms with Crippen LogP contribution in [0.1, 0.15) is 19.8 Å². The maximum atomic E-state index is 13.1. The van der Waals surface area contributed by atoms with Gasteiger partial charge >= 0.3 is 6.03 Å². The van der Waals surface area contributed by atoms with Crippen molar-refractivity contribution >= 4 is 40.5 Å². The second-order valence-corrected chi connectivity index (χ2v) is 8.12. The Kier molecular flexibility index (Phi) is 3.77. The average molecular weight is 394 g/mol. The number of nitrogens with one attached hydrogen (secondary N) is 1. The van der Waals surface area contributed by atoms with Crippen LogP contribution in [0.2, 0.25) is 0 Å². The third kappa shape index (κ3) is 2.72. The smallest absolute Gasteiger partial charge is 0.325 e. The summed E-state index contributed by atoms with van der Waals surface area (Å²) in [6.45, 7) is 2.45. The minimum Gasteiger partial charge on any atom is -0.355 e. The number of carbonyl (C=O) groups excluding carboxylic acids is 3. The van der Waals surface area contributed by atoms with Crippen LogP contribution in [0.25, 0.3) is 11.0 Å². The fourth-order valence-corrected chi connectivity index (χ4v) is 4.14. The standard InChI is InChI=1S/C20H22N6O3/c1-20(12-7-8-12)18(28)26(19(29)23-20)11-15(27)25-10-9-24(2)16-17(25)22-14-6-4-3-5-13(14)21-16/h3-6,12H,7-11H2,1-2H3,(H,23,29). The van der Waals surface area contributed by atoms with Crippen LogP contribution in [-0.4, -0.2) is 64.9 Å². The summed E-state index contributed by atoms with van der Waals surface area (Å²) in [5.41, 5.74) is 0.547. The molecule has 1 aromatic carbocycles. The van der Waals surface area contributed by atoms with E-state index in [9.17, 15) is 14.4 Å². The number of likely N-dealkylation sites (N-methyl/N-ethyl adjacent to an activating group) is 1. The predicted octanol–water partition coefficient (Wildman–Crippen LogP) is 1.13. The summed E-state index contributed by atoms with van der Waals surface area (Å²) < 4.78 is 0. The molecule has 5 rings (SSSR count). The van der Waals surface area contributed by atoms with Crippen LogP contribution in [0, 0.1) is 5.92 Å². The third-order valence-corrected chi connectivity index (χ3v) is 6.10. The summed E-state index contributed by atoms with van der Waals surface area (Å²) in [6.07, 6.45) is 1.83. The Morgan fingerprint density at radius 2 is 1.79 bits per heavy atom. The number of carbonyl (C=O) groups is 3. The van der Waals surface area contributed by atoms with Crippen LogP contribution in [0.4, 0.5) is 16.4 Å². The van der Waals surface area contributed by atoms with E-state index in [1.54, 1.807) is 6.92 Å². The molecule has 2 aromatic rings. The number of hydrogen-bond donors (Lipinski definition) is 1. The molecule has 9 nitrogen and oxygen atoms in total. The summed E-state index contributed by atoms with van der Waals surface area (Å²) in [4.78, 5) is 52.2. The van der Waals surface area contributed by atoms with Gasteiger partial charge in [-0.3, -0.25) is 19.4 Å². The molecular formula is C20H22N6O3. The van der Waals surface area contributed by atoms with Crippen molar-refractivity contribution in [2.45, 2.75) is 25.3 Å². The van der Waals surface area contributed by atoms with E-state index in [2.05, 4.69) is 15.3 Å². The van der Waals surface area contributed by atoms with Gasteiger partial charge in [0, 0.05) is 20.1 Å². The van der Waals surface area contributed by atoms with Crippen LogP contribution in [0.3, 0.4) is 0 Å². The minimum atomic E-state index is -0.895. The molecule has 1 N–H and O–H groups in total. The van der Waals surface area contributed by atoms with Gasteiger partial charge in [0.25, 0.3) is 5.91 Å². The van der Waals surface area contributed by atoms with Crippen LogP contribution in [-0.2, 0) is 9.59 Å². The first-order chi connectivity index (χ1) is 13.9. The molecule has 1 atom stereocenters. The molecule has 9 heteroatoms. The molecular weight excluding hydrogens is 372 g/mol. The lowest BCUT2D eigenvalue weighted by atomic mass is 9.96. The zero-order chi connectivity index (χ0) is 20.3. The number of imide groups is 1. The molecule has 0 bridgehead atoms. The van der Waals surface area contributed by atoms with E-state index in [1.165, 1.54) is 4.90 Å². The molecule has 1 unspecified atom stereocenters. The fourth-order valence-electron chi connectivity index (χ4n) is 4.14. The second kappa shape index (κ2) is 6.13. The highest BCUT2D eigenvalue weighted by Gasteiger charge is 2.56. The lowest BCUT2D eigenvalue weighted by molar-refractivity contribution is -0.134. The van der Waals surface area contributed by atoms with Crippen molar-refractivity contribution in [3.05, 3.63) is 24.3 Å². The van der Waals surface area contributed by atoms with Gasteiger partial charge in [-0.1, -0.05) is 12.1 Å². The predicted molar refractivity (Wildman–Crippen MR) is 107 cm³/mol. The Labute approximate surface area is 167 Å². The zero-order valence-electron chi connectivity index (χ0n) is 16.4. The Morgan fingerprint density at radius 1 is 1.14 bits per heavy atom. The van der Waals surface area contributed by atoms with Crippen LogP contribution < -0.4 is 15.1 Å². The lowest BCUT2D eigenvalue weighted by Gasteiger charge is -2.34. The van der Waals surface area contributed by atoms with Crippen LogP contribution in [0.15, 0.2) is 24.3 Å². The Morgan fingerprint density at radius 3 is 2.45 bits per heavy atom. The maximum absolute atomic E-state index is 13.1. The van der Waals surface area contributed by atoms with Gasteiger partial charge in [-0.2, -0.15) is 0 Å². The van der Waals surface area contributed by atoms with Gasteiger partial charge < -0.3 is 10.2 Å². The number of para-hydroxylation sites is 2. The van der Waals surface area contributed by atoms with Gasteiger partial charge in [0.05, 0.1) is 11.0 Å². The van der Waals surface area contributed by atoms with Crippen molar-refractivity contribution in [3.63, 3.8) is 0 Å². The van der Waals surface area contributed by atoms with Gasteiger partial charge in [0.2, 0.25) is 5.91 Å². The van der Waals surface area contributed by atoms with E-state index >= 15 is 0 Å². The van der Waals surface area contributed by atoms with E-state index in [-0.39, 0.29) is 24.3 Å². The maximum Gasteiger partial charge on any atom is 0.325 e. The monoisotopic (exact) mass is 394 g/mol.